The van der Waals surface area contributed by atoms with E-state index in [1.165, 1.54) is 44.2 Å². The minimum Gasteiger partial charge on any atom is -0.495 e. The van der Waals surface area contributed by atoms with Crippen LogP contribution in [0.25, 0.3) is 10.9 Å². The largest absolute Gasteiger partial charge is 0.495 e. The van der Waals surface area contributed by atoms with Crippen molar-refractivity contribution in [3.05, 3.63) is 82.5 Å². The number of carbonyl (C=O) groups excluding carboxylic acids is 4. The first-order valence-electron chi connectivity index (χ1n) is 19.1. The van der Waals surface area contributed by atoms with Crippen LogP contribution in [0.15, 0.2) is 66.4 Å². The zero-order valence-corrected chi connectivity index (χ0v) is 34.7. The number of nitrogens with zero attached hydrogens (tertiary/aromatic N) is 3. The number of epoxide rings is 1. The summed E-state index contributed by atoms with van der Waals surface area (Å²) in [5.41, 5.74) is 6.57. The Morgan fingerprint density at radius 1 is 1.17 bits per heavy atom. The Morgan fingerprint density at radius 2 is 1.91 bits per heavy atom. The van der Waals surface area contributed by atoms with Crippen molar-refractivity contribution in [2.75, 3.05) is 38.9 Å². The second-order valence-electron chi connectivity index (χ2n) is 15.8. The Morgan fingerprint density at radius 3 is 2.62 bits per heavy atom. The van der Waals surface area contributed by atoms with E-state index in [9.17, 15) is 24.3 Å². The van der Waals surface area contributed by atoms with Gasteiger partial charge in [0.15, 0.2) is 0 Å². The number of benzene rings is 2. The lowest BCUT2D eigenvalue weighted by molar-refractivity contribution is -0.187. The Hall–Kier alpha value is -5.02. The third-order valence-corrected chi connectivity index (χ3v) is 12.0. The molecule has 3 aliphatic heterocycles. The molecule has 2 aromatic carbocycles. The van der Waals surface area contributed by atoms with Gasteiger partial charge in [0.05, 0.1) is 42.8 Å². The molecular formula is C43H51ClN4O10. The van der Waals surface area contributed by atoms with E-state index in [4.69, 9.17) is 41.0 Å². The smallest absolute Gasteiger partial charge is 0.328 e. The molecule has 3 N–H and O–H groups in total. The molecule has 58 heavy (non-hydrogen) atoms. The van der Waals surface area contributed by atoms with E-state index in [-0.39, 0.29) is 29.8 Å². The van der Waals surface area contributed by atoms with Gasteiger partial charge in [0.25, 0.3) is 5.91 Å². The molecule has 4 bridgehead atoms. The van der Waals surface area contributed by atoms with Gasteiger partial charge in [-0.3, -0.25) is 19.4 Å². The number of pyridine rings is 1. The maximum atomic E-state index is 14.3. The predicted molar refractivity (Wildman–Crippen MR) is 218 cm³/mol. The highest BCUT2D eigenvalue weighted by Gasteiger charge is 2.64. The first kappa shape index (κ1) is 42.6. The Balaban J connectivity index is 1.34. The Kier molecular flexibility index (Phi) is 12.3. The van der Waals surface area contributed by atoms with Crippen molar-refractivity contribution in [1.82, 2.24) is 9.88 Å². The molecule has 2 amide bonds. The van der Waals surface area contributed by atoms with Gasteiger partial charge in [-0.25, -0.2) is 4.79 Å². The highest BCUT2D eigenvalue weighted by atomic mass is 35.5. The summed E-state index contributed by atoms with van der Waals surface area (Å²) in [5, 5.41) is 12.8. The fraction of sp³-hybridized carbons (Fsp3) is 0.465. The van der Waals surface area contributed by atoms with Gasteiger partial charge in [-0.15, -0.1) is 0 Å². The highest BCUT2D eigenvalue weighted by Crippen LogP contribution is 2.50. The maximum absolute atomic E-state index is 14.3. The molecule has 15 heteroatoms. The van der Waals surface area contributed by atoms with Crippen LogP contribution >= 0.6 is 11.6 Å². The summed E-state index contributed by atoms with van der Waals surface area (Å²) in [5.74, 6) is -2.46. The lowest BCUT2D eigenvalue weighted by Crippen LogP contribution is -2.53. The molecule has 1 aromatic heterocycles. The number of esters is 2. The van der Waals surface area contributed by atoms with Crippen LogP contribution in [0.1, 0.15) is 62.9 Å². The molecule has 310 valence electrons. The van der Waals surface area contributed by atoms with Gasteiger partial charge in [0, 0.05) is 50.8 Å². The van der Waals surface area contributed by atoms with Gasteiger partial charge in [-0.05, 0) is 63.1 Å². The van der Waals surface area contributed by atoms with Crippen LogP contribution in [0.3, 0.4) is 0 Å². The van der Waals surface area contributed by atoms with E-state index >= 15 is 0 Å². The molecule has 2 fully saturated rings. The second-order valence-corrected chi connectivity index (χ2v) is 16.2. The van der Waals surface area contributed by atoms with E-state index in [1.54, 1.807) is 62.5 Å². The number of ether oxygens (including phenoxy) is 5. The minimum absolute atomic E-state index is 0.0403. The van der Waals surface area contributed by atoms with Crippen LogP contribution in [0, 0.1) is 5.92 Å². The Labute approximate surface area is 342 Å². The maximum Gasteiger partial charge on any atom is 0.328 e. The van der Waals surface area contributed by atoms with Crippen molar-refractivity contribution >= 4 is 57.6 Å². The number of fused-ring (bicyclic) bond motifs is 6. The lowest BCUT2D eigenvalue weighted by atomic mass is 9.78. The quantitative estimate of drug-likeness (QED) is 0.189. The average molecular weight is 819 g/mol. The molecule has 0 spiro atoms. The summed E-state index contributed by atoms with van der Waals surface area (Å²) in [6.45, 7) is 7.00. The number of nitrogen functional groups attached to an aromatic ring is 1. The van der Waals surface area contributed by atoms with Crippen molar-refractivity contribution < 1.29 is 48.0 Å². The number of aromatic nitrogens is 1. The minimum atomic E-state index is -1.60. The normalized spacial score (nSPS) is 29.7. The summed E-state index contributed by atoms with van der Waals surface area (Å²) in [6, 6.07) is 9.33. The summed E-state index contributed by atoms with van der Waals surface area (Å²) >= 11 is 6.80. The molecule has 2 saturated heterocycles. The molecule has 0 radical (unpaired) electrons. The monoisotopic (exact) mass is 818 g/mol. The van der Waals surface area contributed by atoms with Gasteiger partial charge < -0.3 is 44.3 Å². The van der Waals surface area contributed by atoms with Crippen LogP contribution in [0.4, 0.5) is 11.4 Å². The first-order chi connectivity index (χ1) is 27.4. The van der Waals surface area contributed by atoms with E-state index in [0.717, 1.165) is 11.1 Å². The van der Waals surface area contributed by atoms with Crippen LogP contribution in [0.5, 0.6) is 5.75 Å². The number of rotatable bonds is 6. The standard InChI is InChI=1S/C43H51ClN4O10/c1-23-10-9-11-34(55-8)43(53)20-33(56-37(50)21-43)24(2)39-42(4,58-39)35(19-36(49)48(6)31-15-26(14-23)16-32(54-7)38(31)44)57-41(52)25(3)47(5)40(51)28-17-27-12-13-29(45)18-30(27)46-22-28/h9-13,15-18,22,24-25,33-35,39,53H,14,19-21,45H2,1-8H3/b11-9+,23-10+/t24-,25+,33+,34-,35+,39+,42+,43-/m1/s1. The van der Waals surface area contributed by atoms with Gasteiger partial charge in [0.2, 0.25) is 5.91 Å². The fourth-order valence-electron chi connectivity index (χ4n) is 7.89. The van der Waals surface area contributed by atoms with Gasteiger partial charge in [-0.2, -0.15) is 0 Å². The zero-order valence-electron chi connectivity index (χ0n) is 34.0. The number of hydrogen-bond acceptors (Lipinski definition) is 12. The van der Waals surface area contributed by atoms with E-state index in [2.05, 4.69) is 4.98 Å². The summed E-state index contributed by atoms with van der Waals surface area (Å²) in [6.07, 6.45) is 3.16. The van der Waals surface area contributed by atoms with Gasteiger partial charge in [-0.1, -0.05) is 48.4 Å². The molecule has 0 aliphatic carbocycles. The SMILES string of the molecule is COc1cc2cc(c1Cl)N(C)C(=O)C[C@H](OC(=O)[C@H](C)N(C)C(=O)c1cnc3cc(N)ccc3c1)[C@]1(C)O[C@H]1[C@H](C)[C@@H]1C[C@@](O)(CC(=O)O1)[C@H](OC)/C=C/C=C(\C)C2. The van der Waals surface area contributed by atoms with E-state index in [0.29, 0.717) is 34.4 Å². The molecule has 6 rings (SSSR count). The number of hydrogen-bond donors (Lipinski definition) is 2. The van der Waals surface area contributed by atoms with Gasteiger partial charge >= 0.3 is 11.9 Å². The molecular weight excluding hydrogens is 768 g/mol. The highest BCUT2D eigenvalue weighted by molar-refractivity contribution is 6.35. The number of nitrogens with two attached hydrogens (primary N) is 1. The van der Waals surface area contributed by atoms with Crippen LogP contribution in [0.2, 0.25) is 5.02 Å². The van der Waals surface area contributed by atoms with Crippen LogP contribution in [-0.2, 0) is 39.8 Å². The fourth-order valence-corrected chi connectivity index (χ4v) is 8.20. The molecule has 0 saturated carbocycles. The summed E-state index contributed by atoms with van der Waals surface area (Å²) in [4.78, 5) is 62.0. The number of allylic oxidation sites excluding steroid dienone is 3. The number of amides is 2. The molecule has 0 unspecified atom stereocenters. The van der Waals surface area contributed by atoms with E-state index in [1.807, 2.05) is 19.9 Å². The van der Waals surface area contributed by atoms with Crippen LogP contribution < -0.4 is 15.4 Å². The van der Waals surface area contributed by atoms with Gasteiger partial charge in [0.1, 0.15) is 46.3 Å². The predicted octanol–water partition coefficient (Wildman–Crippen LogP) is 5.21. The van der Waals surface area contributed by atoms with Crippen molar-refractivity contribution in [3.63, 3.8) is 0 Å². The third kappa shape index (κ3) is 8.56. The topological polar surface area (TPSA) is 183 Å². The molecule has 3 aromatic rings. The van der Waals surface area contributed by atoms with Crippen molar-refractivity contribution in [1.29, 1.82) is 0 Å². The number of halogens is 1. The summed E-state index contributed by atoms with van der Waals surface area (Å²) < 4.78 is 29.6. The number of aliphatic hydroxyl groups is 1. The average Bonchev–Trinajstić information content (AvgIpc) is 3.89. The molecule has 4 heterocycles. The summed E-state index contributed by atoms with van der Waals surface area (Å²) in [7, 11) is 6.01. The number of anilines is 2. The van der Waals surface area contributed by atoms with Crippen molar-refractivity contribution in [3.8, 4) is 5.75 Å². The lowest BCUT2D eigenvalue weighted by Gasteiger charge is -2.41. The second kappa shape index (κ2) is 16.7. The molecule has 3 aliphatic rings. The third-order valence-electron chi connectivity index (χ3n) is 11.7. The number of carbonyl (C=O) groups is 4. The number of methoxy groups -OCH3 is 2. The van der Waals surface area contributed by atoms with E-state index < -0.39 is 71.3 Å². The van der Waals surface area contributed by atoms with Crippen LogP contribution in [-0.4, -0.2) is 109 Å². The zero-order chi connectivity index (χ0) is 42.3. The molecule has 8 atom stereocenters. The number of likely N-dealkylation sites (N-methyl/N-ethyl adjacent to an activating group) is 1. The van der Waals surface area contributed by atoms with Crippen molar-refractivity contribution in [2.24, 2.45) is 5.92 Å². The molecule has 14 nitrogen and oxygen atoms in total. The first-order valence-corrected chi connectivity index (χ1v) is 19.5. The Bertz CT molecular complexity index is 2180. The van der Waals surface area contributed by atoms with Crippen molar-refractivity contribution in [2.45, 2.75) is 95.0 Å².